The van der Waals surface area contributed by atoms with Gasteiger partial charge < -0.3 is 5.32 Å². The summed E-state index contributed by atoms with van der Waals surface area (Å²) in [6, 6.07) is 13.3. The number of benzene rings is 1. The van der Waals surface area contributed by atoms with Crippen molar-refractivity contribution in [2.75, 3.05) is 26.2 Å². The van der Waals surface area contributed by atoms with Gasteiger partial charge in [-0.1, -0.05) is 44.0 Å². The third-order valence-electron chi connectivity index (χ3n) is 4.38. The molecule has 1 N–H and O–H groups in total. The van der Waals surface area contributed by atoms with Gasteiger partial charge in [0.2, 0.25) is 0 Å². The van der Waals surface area contributed by atoms with Gasteiger partial charge in [0.1, 0.15) is 0 Å². The van der Waals surface area contributed by atoms with Gasteiger partial charge >= 0.3 is 0 Å². The fourth-order valence-electron chi connectivity index (χ4n) is 3.18. The van der Waals surface area contributed by atoms with E-state index < -0.39 is 0 Å². The Labute approximate surface area is 127 Å². The van der Waals surface area contributed by atoms with Gasteiger partial charge in [0.15, 0.2) is 0 Å². The Bertz CT molecular complexity index is 575. The highest BCUT2D eigenvalue weighted by atomic mass is 15.2. The third kappa shape index (κ3) is 3.42. The molecule has 0 radical (unpaired) electrons. The first-order chi connectivity index (χ1) is 10.4. The van der Waals surface area contributed by atoms with Gasteiger partial charge in [-0.2, -0.15) is 0 Å². The maximum absolute atomic E-state index is 4.94. The van der Waals surface area contributed by atoms with Crippen LogP contribution < -0.4 is 5.32 Å². The van der Waals surface area contributed by atoms with Crippen molar-refractivity contribution >= 4 is 10.9 Å². The molecule has 0 saturated carbocycles. The van der Waals surface area contributed by atoms with Crippen LogP contribution in [0.25, 0.3) is 10.9 Å². The first kappa shape index (κ1) is 14.5. The van der Waals surface area contributed by atoms with Crippen molar-refractivity contribution in [1.82, 2.24) is 15.2 Å². The summed E-state index contributed by atoms with van der Waals surface area (Å²) in [5.41, 5.74) is 2.36. The molecule has 2 heterocycles. The van der Waals surface area contributed by atoms with Crippen molar-refractivity contribution in [3.05, 3.63) is 42.1 Å². The standard InChI is InChI=1S/C18H25N3/c1-2-3-8-18(21-13-11-19-12-14-21)17-10-9-15-6-4-5-7-16(15)20-17/h4-7,9-10,18-19H,2-3,8,11-14H2,1H3/t18-/m1/s1. The molecule has 1 aliphatic rings. The highest BCUT2D eigenvalue weighted by Crippen LogP contribution is 2.27. The highest BCUT2D eigenvalue weighted by molar-refractivity contribution is 5.78. The molecule has 0 amide bonds. The van der Waals surface area contributed by atoms with E-state index in [1.807, 2.05) is 0 Å². The van der Waals surface area contributed by atoms with Gasteiger partial charge in [0, 0.05) is 31.6 Å². The number of piperazine rings is 1. The second-order valence-electron chi connectivity index (χ2n) is 5.87. The molecule has 0 spiro atoms. The number of fused-ring (bicyclic) bond motifs is 1. The minimum atomic E-state index is 0.469. The molecule has 21 heavy (non-hydrogen) atoms. The largest absolute Gasteiger partial charge is 0.314 e. The van der Waals surface area contributed by atoms with Crippen LogP contribution in [-0.2, 0) is 0 Å². The van der Waals surface area contributed by atoms with E-state index in [0.29, 0.717) is 6.04 Å². The SMILES string of the molecule is CCCC[C@H](c1ccc2ccccc2n1)N1CCNCC1. The van der Waals surface area contributed by atoms with E-state index in [2.05, 4.69) is 53.5 Å². The second kappa shape index (κ2) is 7.01. The van der Waals surface area contributed by atoms with Crippen LogP contribution in [0.4, 0.5) is 0 Å². The Morgan fingerprint density at radius 3 is 2.76 bits per heavy atom. The Morgan fingerprint density at radius 1 is 1.14 bits per heavy atom. The average Bonchev–Trinajstić information content (AvgIpc) is 2.56. The summed E-state index contributed by atoms with van der Waals surface area (Å²) in [6.07, 6.45) is 3.72. The highest BCUT2D eigenvalue weighted by Gasteiger charge is 2.22. The predicted molar refractivity (Wildman–Crippen MR) is 88.5 cm³/mol. The van der Waals surface area contributed by atoms with Gasteiger partial charge in [-0.05, 0) is 18.6 Å². The molecule has 1 aromatic heterocycles. The number of hydrogen-bond acceptors (Lipinski definition) is 3. The monoisotopic (exact) mass is 283 g/mol. The molecule has 0 unspecified atom stereocenters. The van der Waals surface area contributed by atoms with E-state index in [4.69, 9.17) is 4.98 Å². The molecule has 0 aliphatic carbocycles. The van der Waals surface area contributed by atoms with Crippen molar-refractivity contribution in [3.8, 4) is 0 Å². The van der Waals surface area contributed by atoms with Crippen LogP contribution in [0.1, 0.15) is 37.9 Å². The van der Waals surface area contributed by atoms with Crippen molar-refractivity contribution in [3.63, 3.8) is 0 Å². The minimum absolute atomic E-state index is 0.469. The lowest BCUT2D eigenvalue weighted by molar-refractivity contribution is 0.160. The van der Waals surface area contributed by atoms with E-state index in [9.17, 15) is 0 Å². The molecule has 3 nitrogen and oxygen atoms in total. The summed E-state index contributed by atoms with van der Waals surface area (Å²) >= 11 is 0. The number of aromatic nitrogens is 1. The van der Waals surface area contributed by atoms with Crippen LogP contribution in [-0.4, -0.2) is 36.1 Å². The average molecular weight is 283 g/mol. The van der Waals surface area contributed by atoms with E-state index >= 15 is 0 Å². The second-order valence-corrected chi connectivity index (χ2v) is 5.87. The molecule has 3 rings (SSSR count). The van der Waals surface area contributed by atoms with Crippen molar-refractivity contribution < 1.29 is 0 Å². The topological polar surface area (TPSA) is 28.2 Å². The molecule has 1 aliphatic heterocycles. The Kier molecular flexibility index (Phi) is 4.84. The van der Waals surface area contributed by atoms with Crippen LogP contribution in [0.15, 0.2) is 36.4 Å². The molecule has 3 heteroatoms. The lowest BCUT2D eigenvalue weighted by atomic mass is 10.0. The van der Waals surface area contributed by atoms with Crippen LogP contribution in [0.2, 0.25) is 0 Å². The fraction of sp³-hybridized carbons (Fsp3) is 0.500. The lowest BCUT2D eigenvalue weighted by Crippen LogP contribution is -2.45. The van der Waals surface area contributed by atoms with E-state index in [1.165, 1.54) is 30.3 Å². The van der Waals surface area contributed by atoms with E-state index in [-0.39, 0.29) is 0 Å². The molecule has 112 valence electrons. The zero-order chi connectivity index (χ0) is 14.5. The molecule has 2 aromatic rings. The Hall–Kier alpha value is -1.45. The summed E-state index contributed by atoms with van der Waals surface area (Å²) in [7, 11) is 0. The quantitative estimate of drug-likeness (QED) is 0.912. The summed E-state index contributed by atoms with van der Waals surface area (Å²) in [5.74, 6) is 0. The number of pyridine rings is 1. The van der Waals surface area contributed by atoms with E-state index in [1.54, 1.807) is 0 Å². The van der Waals surface area contributed by atoms with Gasteiger partial charge in [0.05, 0.1) is 17.3 Å². The predicted octanol–water partition coefficient (Wildman–Crippen LogP) is 3.37. The molecule has 1 saturated heterocycles. The van der Waals surface area contributed by atoms with Crippen molar-refractivity contribution in [1.29, 1.82) is 0 Å². The van der Waals surface area contributed by atoms with Crippen LogP contribution in [0.3, 0.4) is 0 Å². The van der Waals surface area contributed by atoms with E-state index in [0.717, 1.165) is 31.7 Å². The Morgan fingerprint density at radius 2 is 1.95 bits per heavy atom. The third-order valence-corrected chi connectivity index (χ3v) is 4.38. The van der Waals surface area contributed by atoms with Crippen molar-refractivity contribution in [2.45, 2.75) is 32.2 Å². The lowest BCUT2D eigenvalue weighted by Gasteiger charge is -2.34. The normalized spacial score (nSPS) is 18.0. The summed E-state index contributed by atoms with van der Waals surface area (Å²) in [4.78, 5) is 7.54. The van der Waals surface area contributed by atoms with Crippen LogP contribution in [0.5, 0.6) is 0 Å². The number of hydrogen-bond donors (Lipinski definition) is 1. The number of unbranched alkanes of at least 4 members (excludes halogenated alkanes) is 1. The maximum atomic E-state index is 4.94. The van der Waals surface area contributed by atoms with Gasteiger partial charge in [-0.15, -0.1) is 0 Å². The number of rotatable bonds is 5. The van der Waals surface area contributed by atoms with Gasteiger partial charge in [-0.3, -0.25) is 9.88 Å². The smallest absolute Gasteiger partial charge is 0.0706 e. The number of nitrogens with one attached hydrogen (secondary N) is 1. The Balaban J connectivity index is 1.88. The minimum Gasteiger partial charge on any atom is -0.314 e. The zero-order valence-corrected chi connectivity index (χ0v) is 12.9. The summed E-state index contributed by atoms with van der Waals surface area (Å²) < 4.78 is 0. The first-order valence-corrected chi connectivity index (χ1v) is 8.19. The van der Waals surface area contributed by atoms with Crippen molar-refractivity contribution in [2.24, 2.45) is 0 Å². The van der Waals surface area contributed by atoms with Crippen LogP contribution in [0, 0.1) is 0 Å². The maximum Gasteiger partial charge on any atom is 0.0706 e. The summed E-state index contributed by atoms with van der Waals surface area (Å²) in [6.45, 7) is 6.71. The zero-order valence-electron chi connectivity index (χ0n) is 12.9. The van der Waals surface area contributed by atoms with Gasteiger partial charge in [0.25, 0.3) is 0 Å². The van der Waals surface area contributed by atoms with Gasteiger partial charge in [-0.25, -0.2) is 0 Å². The molecule has 0 bridgehead atoms. The van der Waals surface area contributed by atoms with Crippen LogP contribution >= 0.6 is 0 Å². The molecular weight excluding hydrogens is 258 g/mol. The number of para-hydroxylation sites is 1. The molecule has 1 aromatic carbocycles. The number of nitrogens with zero attached hydrogens (tertiary/aromatic N) is 2. The first-order valence-electron chi connectivity index (χ1n) is 8.19. The molecule has 1 atom stereocenters. The fourth-order valence-corrected chi connectivity index (χ4v) is 3.18. The summed E-state index contributed by atoms with van der Waals surface area (Å²) in [5, 5.41) is 4.68. The molecule has 1 fully saturated rings. The molecular formula is C18H25N3.